The average molecular weight is 355 g/mol. The Balaban J connectivity index is 2.55. The van der Waals surface area contributed by atoms with E-state index in [4.69, 9.17) is 4.74 Å². The maximum absolute atomic E-state index is 12.3. The maximum Gasteiger partial charge on any atom is 0.410 e. The molecule has 0 aromatic rings. The SMILES string of the molecule is CCCCCC(CCCCC)N1CCCN(C(=O)OC(C)(C)C)CC1. The van der Waals surface area contributed by atoms with Crippen LogP contribution in [0.3, 0.4) is 0 Å². The third kappa shape index (κ3) is 9.48. The molecule has 0 aliphatic carbocycles. The number of ether oxygens (including phenoxy) is 1. The van der Waals surface area contributed by atoms with Gasteiger partial charge in [-0.1, -0.05) is 52.4 Å². The lowest BCUT2D eigenvalue weighted by Gasteiger charge is -2.31. The van der Waals surface area contributed by atoms with E-state index in [2.05, 4.69) is 18.7 Å². The van der Waals surface area contributed by atoms with Gasteiger partial charge in [-0.2, -0.15) is 0 Å². The maximum atomic E-state index is 12.3. The predicted molar refractivity (Wildman–Crippen MR) is 106 cm³/mol. The molecule has 1 saturated heterocycles. The first-order valence-electron chi connectivity index (χ1n) is 10.6. The highest BCUT2D eigenvalue weighted by atomic mass is 16.6. The summed E-state index contributed by atoms with van der Waals surface area (Å²) in [5.41, 5.74) is -0.411. The second-order valence-electron chi connectivity index (χ2n) is 8.50. The number of hydrogen-bond donors (Lipinski definition) is 0. The quantitative estimate of drug-likeness (QED) is 0.516. The van der Waals surface area contributed by atoms with Gasteiger partial charge in [-0.15, -0.1) is 0 Å². The van der Waals surface area contributed by atoms with Crippen LogP contribution in [0.4, 0.5) is 4.79 Å². The van der Waals surface area contributed by atoms with Crippen LogP contribution in [-0.4, -0.2) is 53.7 Å². The number of carbonyl (C=O) groups is 1. The van der Waals surface area contributed by atoms with E-state index in [0.717, 1.165) is 32.6 Å². The number of unbranched alkanes of at least 4 members (excludes halogenated alkanes) is 4. The Kier molecular flexibility index (Phi) is 10.5. The van der Waals surface area contributed by atoms with Crippen molar-refractivity contribution in [2.24, 2.45) is 0 Å². The molecule has 0 spiro atoms. The highest BCUT2D eigenvalue weighted by molar-refractivity contribution is 5.68. The van der Waals surface area contributed by atoms with Crippen molar-refractivity contribution in [3.05, 3.63) is 0 Å². The summed E-state index contributed by atoms with van der Waals surface area (Å²) in [6.07, 6.45) is 11.4. The van der Waals surface area contributed by atoms with E-state index in [1.165, 1.54) is 51.4 Å². The minimum Gasteiger partial charge on any atom is -0.444 e. The summed E-state index contributed by atoms with van der Waals surface area (Å²) in [5, 5.41) is 0. The molecule has 1 aliphatic rings. The zero-order chi connectivity index (χ0) is 18.7. The normalized spacial score (nSPS) is 17.0. The first-order chi connectivity index (χ1) is 11.9. The third-order valence-corrected chi connectivity index (χ3v) is 4.98. The Hall–Kier alpha value is -0.770. The summed E-state index contributed by atoms with van der Waals surface area (Å²) in [4.78, 5) is 16.9. The molecule has 4 nitrogen and oxygen atoms in total. The molecule has 1 fully saturated rings. The predicted octanol–water partition coefficient (Wildman–Crippen LogP) is 5.46. The molecule has 0 aromatic carbocycles. The third-order valence-electron chi connectivity index (χ3n) is 4.98. The molecule has 0 N–H and O–H groups in total. The van der Waals surface area contributed by atoms with E-state index in [1.54, 1.807) is 0 Å². The van der Waals surface area contributed by atoms with Crippen molar-refractivity contribution in [1.29, 1.82) is 0 Å². The summed E-state index contributed by atoms with van der Waals surface area (Å²) in [6, 6.07) is 0.691. The minimum absolute atomic E-state index is 0.150. The van der Waals surface area contributed by atoms with Crippen molar-refractivity contribution in [3.8, 4) is 0 Å². The van der Waals surface area contributed by atoms with Gasteiger partial charge >= 0.3 is 6.09 Å². The Labute approximate surface area is 156 Å². The Morgan fingerprint density at radius 1 is 0.920 bits per heavy atom. The first kappa shape index (κ1) is 22.3. The van der Waals surface area contributed by atoms with Crippen molar-refractivity contribution in [1.82, 2.24) is 9.80 Å². The van der Waals surface area contributed by atoms with Gasteiger partial charge < -0.3 is 9.64 Å². The Morgan fingerprint density at radius 2 is 1.52 bits per heavy atom. The number of hydrogen-bond acceptors (Lipinski definition) is 3. The van der Waals surface area contributed by atoms with Crippen LogP contribution in [0, 0.1) is 0 Å². The molecule has 0 atom stereocenters. The van der Waals surface area contributed by atoms with Gasteiger partial charge in [-0.3, -0.25) is 4.90 Å². The number of rotatable bonds is 9. The second-order valence-corrected chi connectivity index (χ2v) is 8.50. The van der Waals surface area contributed by atoms with Gasteiger partial charge in [0.25, 0.3) is 0 Å². The van der Waals surface area contributed by atoms with Crippen LogP contribution in [0.2, 0.25) is 0 Å². The van der Waals surface area contributed by atoms with E-state index in [1.807, 2.05) is 25.7 Å². The lowest BCUT2D eigenvalue weighted by Crippen LogP contribution is -2.41. The van der Waals surface area contributed by atoms with Crippen LogP contribution in [0.15, 0.2) is 0 Å². The molecular weight excluding hydrogens is 312 g/mol. The topological polar surface area (TPSA) is 32.8 Å². The number of carbonyl (C=O) groups excluding carboxylic acids is 1. The molecule has 148 valence electrons. The van der Waals surface area contributed by atoms with Crippen LogP contribution in [0.25, 0.3) is 0 Å². The van der Waals surface area contributed by atoms with Gasteiger partial charge in [0.05, 0.1) is 0 Å². The van der Waals surface area contributed by atoms with E-state index >= 15 is 0 Å². The molecule has 1 aliphatic heterocycles. The van der Waals surface area contributed by atoms with Crippen molar-refractivity contribution in [3.63, 3.8) is 0 Å². The largest absolute Gasteiger partial charge is 0.444 e. The van der Waals surface area contributed by atoms with Crippen LogP contribution in [0.1, 0.15) is 92.4 Å². The van der Waals surface area contributed by atoms with Gasteiger partial charge in [0.2, 0.25) is 0 Å². The fraction of sp³-hybridized carbons (Fsp3) is 0.952. The molecule has 0 unspecified atom stereocenters. The summed E-state index contributed by atoms with van der Waals surface area (Å²) >= 11 is 0. The van der Waals surface area contributed by atoms with E-state index in [-0.39, 0.29) is 6.09 Å². The molecule has 4 heteroatoms. The minimum atomic E-state index is -0.411. The summed E-state index contributed by atoms with van der Waals surface area (Å²) in [6.45, 7) is 14.1. The number of nitrogens with zero attached hydrogens (tertiary/aromatic N) is 2. The summed E-state index contributed by atoms with van der Waals surface area (Å²) in [7, 11) is 0. The molecule has 0 radical (unpaired) electrons. The standard InChI is InChI=1S/C21H42N2O2/c1-6-8-10-13-19(14-11-9-7-2)22-15-12-16-23(18-17-22)20(24)25-21(3,4)5/h19H,6-18H2,1-5H3. The van der Waals surface area contributed by atoms with Crippen LogP contribution >= 0.6 is 0 Å². The van der Waals surface area contributed by atoms with Crippen LogP contribution in [0.5, 0.6) is 0 Å². The van der Waals surface area contributed by atoms with Gasteiger partial charge in [0, 0.05) is 32.2 Å². The fourth-order valence-corrected chi connectivity index (χ4v) is 3.58. The van der Waals surface area contributed by atoms with E-state index in [0.29, 0.717) is 6.04 Å². The molecule has 0 bridgehead atoms. The van der Waals surface area contributed by atoms with E-state index < -0.39 is 5.60 Å². The second kappa shape index (κ2) is 11.8. The molecule has 0 saturated carbocycles. The van der Waals surface area contributed by atoms with Gasteiger partial charge in [-0.05, 0) is 40.0 Å². The monoisotopic (exact) mass is 354 g/mol. The van der Waals surface area contributed by atoms with Crippen molar-refractivity contribution >= 4 is 6.09 Å². The van der Waals surface area contributed by atoms with Crippen LogP contribution in [-0.2, 0) is 4.74 Å². The molecular formula is C21H42N2O2. The number of amides is 1. The summed E-state index contributed by atoms with van der Waals surface area (Å²) < 4.78 is 5.56. The zero-order valence-corrected chi connectivity index (χ0v) is 17.5. The van der Waals surface area contributed by atoms with Crippen molar-refractivity contribution in [2.45, 2.75) is 104 Å². The highest BCUT2D eigenvalue weighted by Gasteiger charge is 2.26. The zero-order valence-electron chi connectivity index (χ0n) is 17.5. The van der Waals surface area contributed by atoms with Gasteiger partial charge in [0.1, 0.15) is 5.60 Å². The Morgan fingerprint density at radius 3 is 2.04 bits per heavy atom. The van der Waals surface area contributed by atoms with Crippen molar-refractivity contribution in [2.75, 3.05) is 26.2 Å². The molecule has 1 heterocycles. The van der Waals surface area contributed by atoms with Crippen molar-refractivity contribution < 1.29 is 9.53 Å². The van der Waals surface area contributed by atoms with Gasteiger partial charge in [0.15, 0.2) is 0 Å². The highest BCUT2D eigenvalue weighted by Crippen LogP contribution is 2.20. The smallest absolute Gasteiger partial charge is 0.410 e. The lowest BCUT2D eigenvalue weighted by atomic mass is 10.00. The molecule has 0 aromatic heterocycles. The summed E-state index contributed by atoms with van der Waals surface area (Å²) in [5.74, 6) is 0. The van der Waals surface area contributed by atoms with Gasteiger partial charge in [-0.25, -0.2) is 4.79 Å². The van der Waals surface area contributed by atoms with E-state index in [9.17, 15) is 4.79 Å². The fourth-order valence-electron chi connectivity index (χ4n) is 3.58. The molecule has 25 heavy (non-hydrogen) atoms. The lowest BCUT2D eigenvalue weighted by molar-refractivity contribution is 0.0254. The van der Waals surface area contributed by atoms with Crippen LogP contribution < -0.4 is 0 Å². The first-order valence-corrected chi connectivity index (χ1v) is 10.6. The molecule has 1 amide bonds. The Bertz CT molecular complexity index is 355. The molecule has 1 rings (SSSR count). The average Bonchev–Trinajstić information content (AvgIpc) is 2.78.